The minimum Gasteiger partial charge on any atom is -0.347 e. The fourth-order valence-corrected chi connectivity index (χ4v) is 5.87. The molecule has 0 bridgehead atoms. The summed E-state index contributed by atoms with van der Waals surface area (Å²) in [6.07, 6.45) is 3.06. The van der Waals surface area contributed by atoms with Crippen LogP contribution in [0.15, 0.2) is 24.8 Å². The summed E-state index contributed by atoms with van der Waals surface area (Å²) in [6.45, 7) is 1.56. The van der Waals surface area contributed by atoms with Crippen LogP contribution in [0.2, 0.25) is 0 Å². The topological polar surface area (TPSA) is 119 Å². The van der Waals surface area contributed by atoms with E-state index in [-0.39, 0.29) is 49.1 Å². The van der Waals surface area contributed by atoms with Gasteiger partial charge < -0.3 is 10.6 Å². The summed E-state index contributed by atoms with van der Waals surface area (Å²) >= 11 is 0. The van der Waals surface area contributed by atoms with Gasteiger partial charge in [0, 0.05) is 38.2 Å². The molecule has 0 saturated heterocycles. The SMILES string of the molecule is CC(CC(=O)NC(c1ccn2cc([C@@H](NC(=O)c3ncnn3CC3CC3)C3CCC(F)(F)CC3)nc2n1)C1CC1)C(F)(F)F. The Morgan fingerprint density at radius 3 is 2.32 bits per heavy atom. The van der Waals surface area contributed by atoms with Crippen LogP contribution in [0.4, 0.5) is 22.0 Å². The summed E-state index contributed by atoms with van der Waals surface area (Å²) in [5.74, 6) is -5.11. The largest absolute Gasteiger partial charge is 0.392 e. The predicted molar refractivity (Wildman–Crippen MR) is 146 cm³/mol. The zero-order valence-electron chi connectivity index (χ0n) is 24.2. The number of nitrogens with zero attached hydrogens (tertiary/aromatic N) is 6. The van der Waals surface area contributed by atoms with Crippen LogP contribution in [0, 0.1) is 23.7 Å². The number of fused-ring (bicyclic) bond motifs is 1. The second-order valence-corrected chi connectivity index (χ2v) is 12.6. The van der Waals surface area contributed by atoms with Crippen molar-refractivity contribution in [1.82, 2.24) is 39.8 Å². The Morgan fingerprint density at radius 1 is 1.00 bits per heavy atom. The summed E-state index contributed by atoms with van der Waals surface area (Å²) < 4.78 is 70.4. The number of rotatable bonds is 11. The lowest BCUT2D eigenvalue weighted by Crippen LogP contribution is -2.38. The van der Waals surface area contributed by atoms with Crippen LogP contribution >= 0.6 is 0 Å². The number of imidazole rings is 1. The number of carbonyl (C=O) groups is 2. The van der Waals surface area contributed by atoms with Crippen LogP contribution < -0.4 is 10.6 Å². The molecule has 2 unspecified atom stereocenters. The number of carbonyl (C=O) groups excluding carboxylic acids is 2. The monoisotopic (exact) mass is 622 g/mol. The Labute approximate surface area is 250 Å². The lowest BCUT2D eigenvalue weighted by atomic mass is 9.81. The molecule has 3 aliphatic carbocycles. The summed E-state index contributed by atoms with van der Waals surface area (Å²) in [5, 5.41) is 9.91. The molecule has 0 aliphatic heterocycles. The van der Waals surface area contributed by atoms with Gasteiger partial charge in [-0.05, 0) is 62.3 Å². The van der Waals surface area contributed by atoms with Crippen LogP contribution in [-0.4, -0.2) is 53.0 Å². The van der Waals surface area contributed by atoms with Crippen LogP contribution in [0.25, 0.3) is 5.78 Å². The molecule has 2 N–H and O–H groups in total. The fraction of sp³-hybridized carbons (Fsp3) is 0.655. The van der Waals surface area contributed by atoms with Gasteiger partial charge in [0.05, 0.1) is 29.4 Å². The van der Waals surface area contributed by atoms with E-state index in [0.717, 1.165) is 32.6 Å². The molecule has 44 heavy (non-hydrogen) atoms. The normalized spacial score (nSPS) is 21.1. The van der Waals surface area contributed by atoms with Gasteiger partial charge in [-0.1, -0.05) is 6.92 Å². The number of hydrogen-bond acceptors (Lipinski definition) is 6. The van der Waals surface area contributed by atoms with Crippen molar-refractivity contribution in [2.75, 3.05) is 0 Å². The Hall–Kier alpha value is -3.65. The standard InChI is InChI=1S/C29H35F5N8O2/c1-16(29(32,33)34)12-22(43)39-23(18-4-5-18)20-8-11-41-14-21(38-27(41)37-20)24(19-6-9-28(30,31)10-7-19)40-26(44)25-35-15-36-42(25)13-17-2-3-17/h8,11,14-19,23-24H,2-7,9-10,12-13H2,1H3,(H,39,43)(H,40,44)/t16?,23?,24-/m0/s1. The molecule has 3 heterocycles. The summed E-state index contributed by atoms with van der Waals surface area (Å²) in [6, 6.07) is 0.420. The molecule has 0 aromatic carbocycles. The maximum absolute atomic E-state index is 14.1. The van der Waals surface area contributed by atoms with Gasteiger partial charge in [-0.15, -0.1) is 0 Å². The van der Waals surface area contributed by atoms with Crippen LogP contribution in [-0.2, 0) is 11.3 Å². The van der Waals surface area contributed by atoms with E-state index in [4.69, 9.17) is 0 Å². The number of hydrogen-bond donors (Lipinski definition) is 2. The van der Waals surface area contributed by atoms with E-state index in [2.05, 4.69) is 30.7 Å². The van der Waals surface area contributed by atoms with E-state index in [1.54, 1.807) is 27.5 Å². The molecule has 238 valence electrons. The van der Waals surface area contributed by atoms with Gasteiger partial charge in [-0.25, -0.2) is 28.4 Å². The molecule has 3 aliphatic rings. The Balaban J connectivity index is 1.24. The first kappa shape index (κ1) is 30.4. The zero-order chi connectivity index (χ0) is 31.2. The highest BCUT2D eigenvalue weighted by molar-refractivity contribution is 5.90. The Bertz CT molecular complexity index is 1500. The van der Waals surface area contributed by atoms with E-state index in [0.29, 0.717) is 23.9 Å². The van der Waals surface area contributed by atoms with Gasteiger partial charge in [0.25, 0.3) is 5.91 Å². The maximum atomic E-state index is 14.1. The van der Waals surface area contributed by atoms with Crippen molar-refractivity contribution in [2.45, 2.75) is 95.4 Å². The average molecular weight is 623 g/mol. The van der Waals surface area contributed by atoms with Crippen LogP contribution in [0.5, 0.6) is 0 Å². The molecular weight excluding hydrogens is 587 g/mol. The van der Waals surface area contributed by atoms with Crippen molar-refractivity contribution in [2.24, 2.45) is 23.7 Å². The molecule has 3 aromatic rings. The quantitative estimate of drug-likeness (QED) is 0.285. The fourth-order valence-electron chi connectivity index (χ4n) is 5.87. The first-order chi connectivity index (χ1) is 20.9. The Kier molecular flexibility index (Phi) is 8.07. The first-order valence-electron chi connectivity index (χ1n) is 15.1. The van der Waals surface area contributed by atoms with E-state index in [9.17, 15) is 31.5 Å². The minimum atomic E-state index is -4.47. The lowest BCUT2D eigenvalue weighted by Gasteiger charge is -2.33. The molecule has 6 rings (SSSR count). The van der Waals surface area contributed by atoms with E-state index in [1.165, 1.54) is 6.33 Å². The third-order valence-electron chi connectivity index (χ3n) is 8.93. The van der Waals surface area contributed by atoms with Crippen LogP contribution in [0.1, 0.15) is 98.8 Å². The van der Waals surface area contributed by atoms with Gasteiger partial charge in [-0.2, -0.15) is 18.3 Å². The number of alkyl halides is 5. The third kappa shape index (κ3) is 7.01. The molecule has 3 aromatic heterocycles. The highest BCUT2D eigenvalue weighted by atomic mass is 19.4. The van der Waals surface area contributed by atoms with Crippen molar-refractivity contribution in [3.05, 3.63) is 42.0 Å². The van der Waals surface area contributed by atoms with Gasteiger partial charge in [-0.3, -0.25) is 14.0 Å². The molecular formula is C29H35F5N8O2. The van der Waals surface area contributed by atoms with Gasteiger partial charge in [0.15, 0.2) is 0 Å². The van der Waals surface area contributed by atoms with Crippen molar-refractivity contribution >= 4 is 17.6 Å². The summed E-state index contributed by atoms with van der Waals surface area (Å²) in [4.78, 5) is 39.4. The highest BCUT2D eigenvalue weighted by Crippen LogP contribution is 2.43. The number of amides is 2. The molecule has 2 amide bonds. The van der Waals surface area contributed by atoms with Crippen molar-refractivity contribution in [3.8, 4) is 0 Å². The molecule has 0 radical (unpaired) electrons. The maximum Gasteiger partial charge on any atom is 0.392 e. The first-order valence-corrected chi connectivity index (χ1v) is 15.1. The highest BCUT2D eigenvalue weighted by Gasteiger charge is 2.41. The second-order valence-electron chi connectivity index (χ2n) is 12.6. The molecule has 0 spiro atoms. The zero-order valence-corrected chi connectivity index (χ0v) is 24.2. The second kappa shape index (κ2) is 11.7. The van der Waals surface area contributed by atoms with Gasteiger partial charge in [0.1, 0.15) is 6.33 Å². The number of aromatic nitrogens is 6. The molecule has 10 nitrogen and oxygen atoms in total. The average Bonchev–Trinajstić information content (AvgIpc) is 3.88. The van der Waals surface area contributed by atoms with E-state index in [1.807, 2.05) is 0 Å². The molecule has 15 heteroatoms. The number of halogens is 5. The summed E-state index contributed by atoms with van der Waals surface area (Å²) in [5.41, 5.74) is 0.911. The van der Waals surface area contributed by atoms with Crippen LogP contribution in [0.3, 0.4) is 0 Å². The smallest absolute Gasteiger partial charge is 0.347 e. The minimum absolute atomic E-state index is 0.0495. The van der Waals surface area contributed by atoms with Gasteiger partial charge in [0.2, 0.25) is 23.4 Å². The van der Waals surface area contributed by atoms with E-state index < -0.39 is 48.3 Å². The van der Waals surface area contributed by atoms with Crippen molar-refractivity contribution in [1.29, 1.82) is 0 Å². The third-order valence-corrected chi connectivity index (χ3v) is 8.93. The summed E-state index contributed by atoms with van der Waals surface area (Å²) in [7, 11) is 0. The molecule has 3 atom stereocenters. The van der Waals surface area contributed by atoms with E-state index >= 15 is 0 Å². The lowest BCUT2D eigenvalue weighted by molar-refractivity contribution is -0.174. The Morgan fingerprint density at radius 2 is 1.66 bits per heavy atom. The van der Waals surface area contributed by atoms with Gasteiger partial charge >= 0.3 is 6.18 Å². The van der Waals surface area contributed by atoms with Crippen molar-refractivity contribution in [3.63, 3.8) is 0 Å². The molecule has 3 saturated carbocycles. The number of nitrogens with one attached hydrogen (secondary N) is 2. The van der Waals surface area contributed by atoms with Crippen molar-refractivity contribution < 1.29 is 31.5 Å². The molecule has 3 fully saturated rings. The predicted octanol–water partition coefficient (Wildman–Crippen LogP) is 5.18.